The molecule has 0 aliphatic carbocycles. The van der Waals surface area contributed by atoms with E-state index in [4.69, 9.17) is 0 Å². The van der Waals surface area contributed by atoms with Crippen LogP contribution in [0, 0.1) is 0 Å². The van der Waals surface area contributed by atoms with Crippen LogP contribution in [0.2, 0.25) is 0 Å². The molecule has 0 radical (unpaired) electrons. The normalized spacial score (nSPS) is 11.4. The summed E-state index contributed by atoms with van der Waals surface area (Å²) in [5, 5.41) is 0. The second kappa shape index (κ2) is 3.67. The van der Waals surface area contributed by atoms with E-state index in [9.17, 15) is 12.8 Å². The first-order chi connectivity index (χ1) is 5.67. The number of rotatable bonds is 3. The van der Waals surface area contributed by atoms with Gasteiger partial charge in [0.05, 0.1) is 10.6 Å². The van der Waals surface area contributed by atoms with Crippen molar-refractivity contribution >= 4 is 9.84 Å². The molecule has 1 rings (SSSR count). The molecule has 0 spiro atoms. The Balaban J connectivity index is 2.99. The van der Waals surface area contributed by atoms with E-state index >= 15 is 0 Å². The molecule has 1 aromatic rings. The molecule has 0 atom stereocenters. The van der Waals surface area contributed by atoms with Crippen LogP contribution in [0.15, 0.2) is 35.2 Å². The molecule has 0 saturated heterocycles. The Bertz CT molecular complexity index is 331. The van der Waals surface area contributed by atoms with E-state index in [-0.39, 0.29) is 4.90 Å². The fourth-order valence-electron chi connectivity index (χ4n) is 0.847. The number of alkyl halides is 1. The minimum atomic E-state index is -3.39. The van der Waals surface area contributed by atoms with Crippen molar-refractivity contribution in [3.05, 3.63) is 30.3 Å². The van der Waals surface area contributed by atoms with Crippen LogP contribution in [0.4, 0.5) is 4.39 Å². The Hall–Kier alpha value is -0.900. The van der Waals surface area contributed by atoms with E-state index in [0.29, 0.717) is 0 Å². The number of hydrogen-bond acceptors (Lipinski definition) is 2. The van der Waals surface area contributed by atoms with Crippen LogP contribution in [0.5, 0.6) is 0 Å². The van der Waals surface area contributed by atoms with Crippen LogP contribution in [-0.2, 0) is 9.84 Å². The van der Waals surface area contributed by atoms with Crippen LogP contribution in [0.3, 0.4) is 0 Å². The summed E-state index contributed by atoms with van der Waals surface area (Å²) < 4.78 is 34.2. The van der Waals surface area contributed by atoms with E-state index < -0.39 is 22.3 Å². The summed E-state index contributed by atoms with van der Waals surface area (Å²) in [6.45, 7) is -0.836. The maximum Gasteiger partial charge on any atom is 0.180 e. The molecule has 0 bridgehead atoms. The largest absolute Gasteiger partial charge is 0.250 e. The molecule has 4 heteroatoms. The number of benzene rings is 1. The Kier molecular flexibility index (Phi) is 2.81. The second-order valence-electron chi connectivity index (χ2n) is 2.32. The minimum Gasteiger partial charge on any atom is -0.250 e. The molecule has 0 fully saturated rings. The summed E-state index contributed by atoms with van der Waals surface area (Å²) in [6, 6.07) is 7.88. The van der Waals surface area contributed by atoms with Gasteiger partial charge in [0.2, 0.25) is 0 Å². The number of sulfone groups is 1. The summed E-state index contributed by atoms with van der Waals surface area (Å²) in [7, 11) is -3.39. The lowest BCUT2D eigenvalue weighted by Gasteiger charge is -1.99. The average Bonchev–Trinajstić information content (AvgIpc) is 2.06. The van der Waals surface area contributed by atoms with Gasteiger partial charge in [-0.25, -0.2) is 12.8 Å². The number of hydrogen-bond donors (Lipinski definition) is 0. The van der Waals surface area contributed by atoms with E-state index in [0.717, 1.165) is 0 Å². The van der Waals surface area contributed by atoms with Gasteiger partial charge in [0, 0.05) is 0 Å². The lowest BCUT2D eigenvalue weighted by molar-refractivity contribution is 0.517. The van der Waals surface area contributed by atoms with Gasteiger partial charge in [-0.05, 0) is 12.1 Å². The standard InChI is InChI=1S/C8H9FO2S/c9-6-7-12(10,11)8-4-2-1-3-5-8/h1-5H,6-7H2. The highest BCUT2D eigenvalue weighted by molar-refractivity contribution is 7.91. The van der Waals surface area contributed by atoms with Crippen molar-refractivity contribution in [3.8, 4) is 0 Å². The third-order valence-electron chi connectivity index (χ3n) is 1.45. The molecular weight excluding hydrogens is 179 g/mol. The number of halogens is 1. The first kappa shape index (κ1) is 9.19. The fraction of sp³-hybridized carbons (Fsp3) is 0.250. The van der Waals surface area contributed by atoms with Gasteiger partial charge >= 0.3 is 0 Å². The van der Waals surface area contributed by atoms with Crippen molar-refractivity contribution in [2.24, 2.45) is 0 Å². The molecule has 0 aliphatic heterocycles. The Morgan fingerprint density at radius 3 is 2.25 bits per heavy atom. The molecule has 0 heterocycles. The monoisotopic (exact) mass is 188 g/mol. The molecule has 0 N–H and O–H groups in total. The summed E-state index contributed by atoms with van der Waals surface area (Å²) in [5.41, 5.74) is 0. The Morgan fingerprint density at radius 1 is 1.17 bits per heavy atom. The third-order valence-corrected chi connectivity index (χ3v) is 3.13. The zero-order valence-corrected chi connectivity index (χ0v) is 7.22. The van der Waals surface area contributed by atoms with Crippen molar-refractivity contribution in [2.75, 3.05) is 12.4 Å². The minimum absolute atomic E-state index is 0.183. The highest BCUT2D eigenvalue weighted by Crippen LogP contribution is 2.09. The first-order valence-corrected chi connectivity index (χ1v) is 5.16. The third kappa shape index (κ3) is 2.04. The summed E-state index contributed by atoms with van der Waals surface area (Å²) in [5.74, 6) is -0.434. The summed E-state index contributed by atoms with van der Waals surface area (Å²) in [6.07, 6.45) is 0. The highest BCUT2D eigenvalue weighted by Gasteiger charge is 2.12. The van der Waals surface area contributed by atoms with Crippen LogP contribution < -0.4 is 0 Å². The fourth-order valence-corrected chi connectivity index (χ4v) is 1.86. The van der Waals surface area contributed by atoms with Gasteiger partial charge in [-0.1, -0.05) is 18.2 Å². The van der Waals surface area contributed by atoms with Crippen LogP contribution >= 0.6 is 0 Å². The molecule has 0 saturated carbocycles. The molecule has 0 amide bonds. The van der Waals surface area contributed by atoms with Gasteiger partial charge < -0.3 is 0 Å². The van der Waals surface area contributed by atoms with E-state index in [1.807, 2.05) is 0 Å². The Morgan fingerprint density at radius 2 is 1.75 bits per heavy atom. The van der Waals surface area contributed by atoms with Gasteiger partial charge in [-0.3, -0.25) is 0 Å². The molecule has 0 unspecified atom stereocenters. The van der Waals surface area contributed by atoms with Crippen molar-refractivity contribution in [1.82, 2.24) is 0 Å². The van der Waals surface area contributed by atoms with Gasteiger partial charge in [-0.2, -0.15) is 0 Å². The lowest BCUT2D eigenvalue weighted by atomic mass is 10.4. The van der Waals surface area contributed by atoms with Crippen LogP contribution in [-0.4, -0.2) is 20.8 Å². The SMILES string of the molecule is O=S(=O)(CCF)c1ccccc1. The maximum absolute atomic E-state index is 11.8. The second-order valence-corrected chi connectivity index (χ2v) is 4.43. The molecule has 66 valence electrons. The van der Waals surface area contributed by atoms with E-state index in [1.165, 1.54) is 12.1 Å². The molecular formula is C8H9FO2S. The molecule has 0 aromatic heterocycles. The van der Waals surface area contributed by atoms with Crippen LogP contribution in [0.1, 0.15) is 0 Å². The van der Waals surface area contributed by atoms with E-state index in [2.05, 4.69) is 0 Å². The maximum atomic E-state index is 11.8. The zero-order valence-electron chi connectivity index (χ0n) is 6.40. The highest BCUT2D eigenvalue weighted by atomic mass is 32.2. The van der Waals surface area contributed by atoms with Gasteiger partial charge in [0.15, 0.2) is 9.84 Å². The molecule has 1 aromatic carbocycles. The van der Waals surface area contributed by atoms with Gasteiger partial charge in [-0.15, -0.1) is 0 Å². The average molecular weight is 188 g/mol. The van der Waals surface area contributed by atoms with Crippen molar-refractivity contribution in [2.45, 2.75) is 4.90 Å². The molecule has 0 aliphatic rings. The van der Waals surface area contributed by atoms with Crippen LogP contribution in [0.25, 0.3) is 0 Å². The van der Waals surface area contributed by atoms with Gasteiger partial charge in [0.1, 0.15) is 6.67 Å². The van der Waals surface area contributed by atoms with Crippen molar-refractivity contribution in [1.29, 1.82) is 0 Å². The van der Waals surface area contributed by atoms with Gasteiger partial charge in [0.25, 0.3) is 0 Å². The van der Waals surface area contributed by atoms with Crippen molar-refractivity contribution in [3.63, 3.8) is 0 Å². The molecule has 12 heavy (non-hydrogen) atoms. The topological polar surface area (TPSA) is 34.1 Å². The zero-order chi connectivity index (χ0) is 9.03. The summed E-state index contributed by atoms with van der Waals surface area (Å²) in [4.78, 5) is 0.183. The lowest BCUT2D eigenvalue weighted by Crippen LogP contribution is -2.07. The predicted octanol–water partition coefficient (Wildman–Crippen LogP) is 1.43. The first-order valence-electron chi connectivity index (χ1n) is 3.50. The quantitative estimate of drug-likeness (QED) is 0.719. The summed E-state index contributed by atoms with van der Waals surface area (Å²) >= 11 is 0. The molecule has 2 nitrogen and oxygen atoms in total. The Labute approximate surface area is 71.0 Å². The smallest absolute Gasteiger partial charge is 0.180 e. The van der Waals surface area contributed by atoms with E-state index in [1.54, 1.807) is 18.2 Å². The predicted molar refractivity (Wildman–Crippen MR) is 44.5 cm³/mol. The van der Waals surface area contributed by atoms with Crippen molar-refractivity contribution < 1.29 is 12.8 Å².